The Morgan fingerprint density at radius 3 is 2.69 bits per heavy atom. The molecule has 0 aromatic heterocycles. The number of benzene rings is 2. The summed E-state index contributed by atoms with van der Waals surface area (Å²) in [5, 5.41) is -0.312. The summed E-state index contributed by atoms with van der Waals surface area (Å²) in [7, 11) is -2.42. The molecule has 2 amide bonds. The fraction of sp³-hybridized carbons (Fsp3) is 0.568. The van der Waals surface area contributed by atoms with Crippen LogP contribution in [0, 0.1) is 5.92 Å². The van der Waals surface area contributed by atoms with Crippen molar-refractivity contribution in [2.75, 3.05) is 38.2 Å². The van der Waals surface area contributed by atoms with E-state index in [0.29, 0.717) is 42.7 Å². The van der Waals surface area contributed by atoms with E-state index in [9.17, 15) is 18.0 Å². The number of nitrogens with zero attached hydrogens (tertiary/aromatic N) is 3. The van der Waals surface area contributed by atoms with Crippen LogP contribution in [0.4, 0.5) is 10.1 Å². The highest BCUT2D eigenvalue weighted by molar-refractivity contribution is 7.90. The van der Waals surface area contributed by atoms with Crippen molar-refractivity contribution in [3.8, 4) is 5.75 Å². The van der Waals surface area contributed by atoms with Crippen molar-refractivity contribution >= 4 is 39.1 Å². The third-order valence-electron chi connectivity index (χ3n) is 11.3. The molecule has 1 fully saturated rings. The van der Waals surface area contributed by atoms with Crippen LogP contribution in [0.25, 0.3) is 0 Å². The number of halogens is 2. The molecule has 0 saturated carbocycles. The Kier molecular flexibility index (Phi) is 10.1. The minimum atomic E-state index is -4.12. The molecule has 9 nitrogen and oxygen atoms in total. The number of hydrogen-bond donors (Lipinski definition) is 1. The Morgan fingerprint density at radius 2 is 1.94 bits per heavy atom. The van der Waals surface area contributed by atoms with Crippen LogP contribution in [0.1, 0.15) is 81.3 Å². The maximum Gasteiger partial charge on any atom is 0.264 e. The van der Waals surface area contributed by atoms with E-state index >= 15 is 4.39 Å². The fourth-order valence-electron chi connectivity index (χ4n) is 7.96. The van der Waals surface area contributed by atoms with Crippen molar-refractivity contribution in [1.82, 2.24) is 14.5 Å². The number of allylic oxidation sites excluding steroid dienone is 1. The summed E-state index contributed by atoms with van der Waals surface area (Å²) in [4.78, 5) is 33.4. The zero-order chi connectivity index (χ0) is 35.2. The van der Waals surface area contributed by atoms with Gasteiger partial charge in [0.2, 0.25) is 15.9 Å². The lowest BCUT2D eigenvalue weighted by Gasteiger charge is -2.42. The lowest BCUT2D eigenvalue weighted by molar-refractivity contribution is -0.136. The number of carbonyl (C=O) groups excluding carboxylic acids is 2. The van der Waals surface area contributed by atoms with Gasteiger partial charge >= 0.3 is 0 Å². The second-order valence-electron chi connectivity index (χ2n) is 14.7. The number of sulfonamides is 1. The number of carbonyl (C=O) groups is 2. The fourth-order valence-corrected chi connectivity index (χ4v) is 9.44. The molecule has 2 aromatic carbocycles. The normalized spacial score (nSPS) is 30.0. The van der Waals surface area contributed by atoms with Crippen molar-refractivity contribution < 1.29 is 27.1 Å². The SMILES string of the molecule is CC(C)N(C)C(=O)[C@H]1/C(F)=C/C[C@H](C)[C@@H](C)S(=O)(=O)NC(=O)c2ccc3c(c2)N(C[C@@H]2CCCN21)C[C@@]1(CCCc2cc(Cl)ccc21)CO3. The molecule has 0 unspecified atom stereocenters. The van der Waals surface area contributed by atoms with Crippen LogP contribution in [-0.4, -0.2) is 86.7 Å². The molecule has 1 N–H and O–H groups in total. The van der Waals surface area contributed by atoms with Gasteiger partial charge in [0.25, 0.3) is 5.91 Å². The van der Waals surface area contributed by atoms with E-state index in [0.717, 1.165) is 32.1 Å². The Bertz CT molecular complexity index is 1750. The first-order chi connectivity index (χ1) is 23.2. The molecule has 3 aliphatic heterocycles. The van der Waals surface area contributed by atoms with E-state index in [1.807, 2.05) is 30.9 Å². The maximum absolute atomic E-state index is 16.5. The molecular weight excluding hydrogens is 667 g/mol. The van der Waals surface area contributed by atoms with Crippen molar-refractivity contribution in [2.45, 2.75) is 95.0 Å². The highest BCUT2D eigenvalue weighted by atomic mass is 35.5. The van der Waals surface area contributed by atoms with Crippen LogP contribution in [-0.2, 0) is 26.7 Å². The number of amides is 2. The second-order valence-corrected chi connectivity index (χ2v) is 17.2. The molecule has 0 radical (unpaired) electrons. The lowest BCUT2D eigenvalue weighted by atomic mass is 9.70. The summed E-state index contributed by atoms with van der Waals surface area (Å²) in [5.41, 5.74) is 2.85. The third-order valence-corrected chi connectivity index (χ3v) is 13.5. The summed E-state index contributed by atoms with van der Waals surface area (Å²) in [6.45, 7) is 9.00. The molecule has 3 heterocycles. The van der Waals surface area contributed by atoms with Crippen molar-refractivity contribution in [3.05, 3.63) is 70.0 Å². The Balaban J connectivity index is 1.49. The maximum atomic E-state index is 16.5. The van der Waals surface area contributed by atoms with Crippen molar-refractivity contribution in [2.24, 2.45) is 5.92 Å². The standard InChI is InChI=1S/C37H48ClFN4O5S/c1-23(2)41(5)36(45)34-31(39)14-10-24(3)25(4)49(46,47)40-35(44)27-11-15-33-32(19-27)42(20-29-9-7-17-43(29)34)21-37(22-48-33)16-6-8-26-18-28(38)12-13-30(26)37/h11-15,18-19,23-25,29,34H,6-10,16-17,20-22H2,1-5H3,(H,40,44)/b31-14-/t24-,25+,29-,34+,37-/m0/s1. The van der Waals surface area contributed by atoms with Gasteiger partial charge in [0.15, 0.2) is 0 Å². The minimum Gasteiger partial charge on any atom is -0.490 e. The predicted molar refractivity (Wildman–Crippen MR) is 190 cm³/mol. The van der Waals surface area contributed by atoms with Gasteiger partial charge in [-0.2, -0.15) is 0 Å². The molecule has 1 saturated heterocycles. The predicted octanol–water partition coefficient (Wildman–Crippen LogP) is 5.85. The monoisotopic (exact) mass is 714 g/mol. The molecule has 12 heteroatoms. The average Bonchev–Trinajstić information content (AvgIpc) is 3.45. The van der Waals surface area contributed by atoms with Gasteiger partial charge < -0.3 is 14.5 Å². The first-order valence-electron chi connectivity index (χ1n) is 17.5. The first-order valence-corrected chi connectivity index (χ1v) is 19.4. The zero-order valence-electron chi connectivity index (χ0n) is 29.0. The number of likely N-dealkylation sites (N-methyl/N-ethyl adjacent to an activating group) is 1. The van der Waals surface area contributed by atoms with E-state index in [-0.39, 0.29) is 30.0 Å². The van der Waals surface area contributed by atoms with Crippen LogP contribution in [0.2, 0.25) is 5.02 Å². The average molecular weight is 715 g/mol. The smallest absolute Gasteiger partial charge is 0.264 e. The molecule has 1 aliphatic carbocycles. The number of nitrogens with one attached hydrogen (secondary N) is 1. The minimum absolute atomic E-state index is 0.0873. The van der Waals surface area contributed by atoms with Gasteiger partial charge in [-0.3, -0.25) is 14.5 Å². The van der Waals surface area contributed by atoms with Crippen LogP contribution < -0.4 is 14.4 Å². The molecule has 49 heavy (non-hydrogen) atoms. The van der Waals surface area contributed by atoms with Gasteiger partial charge in [-0.05, 0) is 113 Å². The summed E-state index contributed by atoms with van der Waals surface area (Å²) < 4.78 is 52.2. The number of aryl methyl sites for hydroxylation is 1. The number of ether oxygens (including phenoxy) is 1. The highest BCUT2D eigenvalue weighted by Crippen LogP contribution is 2.45. The third kappa shape index (κ3) is 6.95. The van der Waals surface area contributed by atoms with E-state index in [1.165, 1.54) is 24.1 Å². The van der Waals surface area contributed by atoms with Gasteiger partial charge in [-0.1, -0.05) is 30.7 Å². The van der Waals surface area contributed by atoms with E-state index in [2.05, 4.69) is 15.7 Å². The molecule has 6 rings (SSSR count). The Labute approximate surface area is 294 Å². The number of hydrogen-bond acceptors (Lipinski definition) is 7. The van der Waals surface area contributed by atoms with Gasteiger partial charge in [-0.25, -0.2) is 17.5 Å². The Hall–Kier alpha value is -3.15. The van der Waals surface area contributed by atoms with Crippen LogP contribution in [0.3, 0.4) is 0 Å². The molecule has 2 aromatic rings. The van der Waals surface area contributed by atoms with Gasteiger partial charge in [0, 0.05) is 48.2 Å². The second kappa shape index (κ2) is 13.9. The van der Waals surface area contributed by atoms with E-state index in [1.54, 1.807) is 37.1 Å². The molecule has 2 bridgehead atoms. The van der Waals surface area contributed by atoms with Crippen molar-refractivity contribution in [1.29, 1.82) is 0 Å². The topological polar surface area (TPSA) is 99.3 Å². The molecule has 4 aliphatic rings. The Morgan fingerprint density at radius 1 is 1.16 bits per heavy atom. The zero-order valence-corrected chi connectivity index (χ0v) is 30.6. The largest absolute Gasteiger partial charge is 0.490 e. The van der Waals surface area contributed by atoms with Gasteiger partial charge in [0.1, 0.15) is 17.6 Å². The summed E-state index contributed by atoms with van der Waals surface area (Å²) >= 11 is 6.43. The van der Waals surface area contributed by atoms with Gasteiger partial charge in [-0.15, -0.1) is 0 Å². The lowest BCUT2D eigenvalue weighted by Crippen LogP contribution is -2.55. The highest BCUT2D eigenvalue weighted by Gasteiger charge is 2.45. The molecular formula is C37H48ClFN4O5S. The van der Waals surface area contributed by atoms with Crippen molar-refractivity contribution in [3.63, 3.8) is 0 Å². The summed E-state index contributed by atoms with van der Waals surface area (Å²) in [6.07, 6.45) is 5.76. The van der Waals surface area contributed by atoms with E-state index < -0.39 is 44.4 Å². The summed E-state index contributed by atoms with van der Waals surface area (Å²) in [5.74, 6) is -1.57. The summed E-state index contributed by atoms with van der Waals surface area (Å²) in [6, 6.07) is 9.65. The van der Waals surface area contributed by atoms with Crippen LogP contribution >= 0.6 is 11.6 Å². The number of fused-ring (bicyclic) bond motifs is 4. The molecule has 266 valence electrons. The number of anilines is 1. The van der Waals surface area contributed by atoms with E-state index in [4.69, 9.17) is 16.3 Å². The van der Waals surface area contributed by atoms with Gasteiger partial charge in [0.05, 0.1) is 17.5 Å². The van der Waals surface area contributed by atoms with Crippen LogP contribution in [0.5, 0.6) is 5.75 Å². The van der Waals surface area contributed by atoms with Crippen LogP contribution in [0.15, 0.2) is 48.3 Å². The number of rotatable bonds is 2. The molecule has 1 spiro atoms. The molecule has 5 atom stereocenters. The quantitative estimate of drug-likeness (QED) is 0.417. The first kappa shape index (κ1) is 35.7.